The molecule has 2 saturated heterocycles. The number of nitrogens with zero attached hydrogens (tertiary/aromatic N) is 3. The molecule has 3 heterocycles. The van der Waals surface area contributed by atoms with Crippen molar-refractivity contribution in [2.45, 2.75) is 44.6 Å². The van der Waals surface area contributed by atoms with Crippen molar-refractivity contribution in [1.29, 1.82) is 0 Å². The highest BCUT2D eigenvalue weighted by Crippen LogP contribution is 2.34. The standard InChI is InChI=1S/C17H25N3O3S/c1-19-8-2-4-12(10-19)6-7-15(21)20-9-3-5-14(20)16-18-13(11-24-16)17(22)23/h11-12,14H,2-10H2,1H3,(H,22,23). The number of hydrogen-bond donors (Lipinski definition) is 1. The van der Waals surface area contributed by atoms with Gasteiger partial charge in [-0.05, 0) is 51.6 Å². The van der Waals surface area contributed by atoms with E-state index in [-0.39, 0.29) is 17.6 Å². The van der Waals surface area contributed by atoms with Crippen LogP contribution in [0.4, 0.5) is 0 Å². The zero-order chi connectivity index (χ0) is 17.1. The smallest absolute Gasteiger partial charge is 0.355 e. The number of carbonyl (C=O) groups excluding carboxylic acids is 1. The van der Waals surface area contributed by atoms with Gasteiger partial charge in [0.25, 0.3) is 0 Å². The molecule has 2 atom stereocenters. The maximum atomic E-state index is 12.7. The number of carboxylic acid groups (broad SMARTS) is 1. The third kappa shape index (κ3) is 3.95. The summed E-state index contributed by atoms with van der Waals surface area (Å²) in [6, 6.07) is -0.0374. The molecule has 2 fully saturated rings. The highest BCUT2D eigenvalue weighted by molar-refractivity contribution is 7.09. The van der Waals surface area contributed by atoms with Crippen LogP contribution in [0.25, 0.3) is 0 Å². The van der Waals surface area contributed by atoms with Gasteiger partial charge in [0.15, 0.2) is 5.69 Å². The van der Waals surface area contributed by atoms with Crippen molar-refractivity contribution in [2.24, 2.45) is 5.92 Å². The largest absolute Gasteiger partial charge is 0.476 e. The Kier molecular flexibility index (Phi) is 5.50. The highest BCUT2D eigenvalue weighted by atomic mass is 32.1. The molecule has 24 heavy (non-hydrogen) atoms. The summed E-state index contributed by atoms with van der Waals surface area (Å²) in [6.45, 7) is 3.01. The molecule has 7 heteroatoms. The lowest BCUT2D eigenvalue weighted by atomic mass is 9.93. The molecular weight excluding hydrogens is 326 g/mol. The number of amides is 1. The van der Waals surface area contributed by atoms with Crippen LogP contribution in [0.15, 0.2) is 5.38 Å². The molecule has 1 amide bonds. The number of thiazole rings is 1. The molecule has 2 aliphatic heterocycles. The van der Waals surface area contributed by atoms with Crippen LogP contribution in [-0.2, 0) is 4.79 Å². The summed E-state index contributed by atoms with van der Waals surface area (Å²) in [4.78, 5) is 32.1. The number of hydrogen-bond acceptors (Lipinski definition) is 5. The summed E-state index contributed by atoms with van der Waals surface area (Å²) < 4.78 is 0. The minimum Gasteiger partial charge on any atom is -0.476 e. The van der Waals surface area contributed by atoms with Crippen molar-refractivity contribution in [1.82, 2.24) is 14.8 Å². The van der Waals surface area contributed by atoms with E-state index >= 15 is 0 Å². The van der Waals surface area contributed by atoms with Crippen molar-refractivity contribution in [2.75, 3.05) is 26.7 Å². The summed E-state index contributed by atoms with van der Waals surface area (Å²) in [6.07, 6.45) is 5.82. The van der Waals surface area contributed by atoms with Crippen molar-refractivity contribution in [3.8, 4) is 0 Å². The van der Waals surface area contributed by atoms with Gasteiger partial charge in [-0.1, -0.05) is 0 Å². The summed E-state index contributed by atoms with van der Waals surface area (Å²) in [5.74, 6) is -0.195. The molecule has 2 aliphatic rings. The van der Waals surface area contributed by atoms with Gasteiger partial charge in [-0.2, -0.15) is 0 Å². The zero-order valence-electron chi connectivity index (χ0n) is 14.1. The van der Waals surface area contributed by atoms with Gasteiger partial charge in [0.05, 0.1) is 6.04 Å². The molecule has 132 valence electrons. The number of aromatic carboxylic acids is 1. The second-order valence-corrected chi connectivity index (χ2v) is 7.82. The quantitative estimate of drug-likeness (QED) is 0.883. The Morgan fingerprint density at radius 2 is 2.12 bits per heavy atom. The maximum absolute atomic E-state index is 12.7. The van der Waals surface area contributed by atoms with Gasteiger partial charge in [-0.25, -0.2) is 9.78 Å². The molecule has 2 unspecified atom stereocenters. The Balaban J connectivity index is 1.57. The van der Waals surface area contributed by atoms with E-state index in [1.165, 1.54) is 24.2 Å². The number of likely N-dealkylation sites (tertiary alicyclic amines) is 2. The Hall–Kier alpha value is -1.47. The van der Waals surface area contributed by atoms with E-state index in [1.54, 1.807) is 5.38 Å². The number of aromatic nitrogens is 1. The fourth-order valence-corrected chi connectivity index (χ4v) is 4.78. The van der Waals surface area contributed by atoms with E-state index in [2.05, 4.69) is 16.9 Å². The summed E-state index contributed by atoms with van der Waals surface area (Å²) in [5.41, 5.74) is 0.0829. The van der Waals surface area contributed by atoms with Crippen molar-refractivity contribution in [3.63, 3.8) is 0 Å². The normalized spacial score (nSPS) is 25.1. The highest BCUT2D eigenvalue weighted by Gasteiger charge is 2.32. The molecule has 0 bridgehead atoms. The number of carboxylic acids is 1. The van der Waals surface area contributed by atoms with Gasteiger partial charge in [0.1, 0.15) is 5.01 Å². The summed E-state index contributed by atoms with van der Waals surface area (Å²) >= 11 is 1.35. The third-order valence-corrected chi connectivity index (χ3v) is 6.03. The average molecular weight is 351 g/mol. The van der Waals surface area contributed by atoms with E-state index < -0.39 is 5.97 Å². The van der Waals surface area contributed by atoms with E-state index in [0.29, 0.717) is 12.3 Å². The number of piperidine rings is 1. The molecule has 0 saturated carbocycles. The van der Waals surface area contributed by atoms with Crippen LogP contribution in [0.2, 0.25) is 0 Å². The number of rotatable bonds is 5. The molecule has 1 N–H and O–H groups in total. The maximum Gasteiger partial charge on any atom is 0.355 e. The van der Waals surface area contributed by atoms with Crippen LogP contribution in [0.1, 0.15) is 60.1 Å². The van der Waals surface area contributed by atoms with E-state index in [1.807, 2.05) is 4.90 Å². The van der Waals surface area contributed by atoms with Crippen molar-refractivity contribution in [3.05, 3.63) is 16.1 Å². The summed E-state index contributed by atoms with van der Waals surface area (Å²) in [7, 11) is 2.15. The molecule has 6 nitrogen and oxygen atoms in total. The third-order valence-electron chi connectivity index (χ3n) is 5.09. The Morgan fingerprint density at radius 3 is 2.83 bits per heavy atom. The molecule has 0 aliphatic carbocycles. The Labute approximate surface area is 146 Å². The van der Waals surface area contributed by atoms with Crippen LogP contribution < -0.4 is 0 Å². The monoisotopic (exact) mass is 351 g/mol. The van der Waals surface area contributed by atoms with Gasteiger partial charge >= 0.3 is 5.97 Å². The van der Waals surface area contributed by atoms with Gasteiger partial charge in [0.2, 0.25) is 5.91 Å². The molecule has 0 aromatic carbocycles. The topological polar surface area (TPSA) is 73.7 Å². The minimum atomic E-state index is -1.00. The van der Waals surface area contributed by atoms with E-state index in [9.17, 15) is 9.59 Å². The molecule has 1 aromatic heterocycles. The Bertz CT molecular complexity index is 604. The van der Waals surface area contributed by atoms with Crippen LogP contribution in [0.3, 0.4) is 0 Å². The lowest BCUT2D eigenvalue weighted by Crippen LogP contribution is -2.34. The van der Waals surface area contributed by atoms with Gasteiger partial charge in [-0.3, -0.25) is 4.79 Å². The van der Waals surface area contributed by atoms with Crippen LogP contribution in [0.5, 0.6) is 0 Å². The number of carbonyl (C=O) groups is 2. The predicted molar refractivity (Wildman–Crippen MR) is 92.2 cm³/mol. The Morgan fingerprint density at radius 1 is 1.33 bits per heavy atom. The molecule has 0 spiro atoms. The van der Waals surface area contributed by atoms with Gasteiger partial charge in [0, 0.05) is 24.9 Å². The first-order chi connectivity index (χ1) is 11.5. The zero-order valence-corrected chi connectivity index (χ0v) is 14.9. The summed E-state index contributed by atoms with van der Waals surface area (Å²) in [5, 5.41) is 11.4. The van der Waals surface area contributed by atoms with Crippen molar-refractivity contribution < 1.29 is 14.7 Å². The lowest BCUT2D eigenvalue weighted by molar-refractivity contribution is -0.132. The van der Waals surface area contributed by atoms with Gasteiger partial charge in [-0.15, -0.1) is 11.3 Å². The average Bonchev–Trinajstić information content (AvgIpc) is 3.21. The molecule has 3 rings (SSSR count). The second-order valence-electron chi connectivity index (χ2n) is 6.93. The van der Waals surface area contributed by atoms with Crippen LogP contribution in [-0.4, -0.2) is 58.4 Å². The fourth-order valence-electron chi connectivity index (χ4n) is 3.84. The lowest BCUT2D eigenvalue weighted by Gasteiger charge is -2.30. The van der Waals surface area contributed by atoms with E-state index in [4.69, 9.17) is 5.11 Å². The first kappa shape index (κ1) is 17.4. The fraction of sp³-hybridized carbons (Fsp3) is 0.706. The molecule has 1 aromatic rings. The van der Waals surface area contributed by atoms with Gasteiger partial charge < -0.3 is 14.9 Å². The molecule has 0 radical (unpaired) electrons. The minimum absolute atomic E-state index is 0.0374. The molecular formula is C17H25N3O3S. The first-order valence-corrected chi connectivity index (χ1v) is 9.59. The van der Waals surface area contributed by atoms with Crippen LogP contribution in [0, 0.1) is 5.92 Å². The first-order valence-electron chi connectivity index (χ1n) is 8.71. The predicted octanol–water partition coefficient (Wildman–Crippen LogP) is 2.63. The van der Waals surface area contributed by atoms with Crippen molar-refractivity contribution >= 4 is 23.2 Å². The van der Waals surface area contributed by atoms with Crippen LogP contribution >= 0.6 is 11.3 Å². The van der Waals surface area contributed by atoms with E-state index in [0.717, 1.165) is 43.9 Å². The second kappa shape index (κ2) is 7.61. The SMILES string of the molecule is CN1CCCC(CCC(=O)N2CCCC2c2nc(C(=O)O)cs2)C1.